The van der Waals surface area contributed by atoms with Gasteiger partial charge in [-0.15, -0.1) is 0 Å². The average molecular weight is 476 g/mol. The molecular weight excluding hydrogens is 452 g/mol. The van der Waals surface area contributed by atoms with E-state index in [1.54, 1.807) is 0 Å². The normalized spacial score (nSPS) is 28.2. The molecule has 1 amide bonds. The molecule has 29 heavy (non-hydrogen) atoms. The Balaban J connectivity index is 1.73. The van der Waals surface area contributed by atoms with Crippen LogP contribution in [0.2, 0.25) is 5.02 Å². The molecule has 2 atom stereocenters. The van der Waals surface area contributed by atoms with Crippen LogP contribution in [0.15, 0.2) is 46.9 Å². The quantitative estimate of drug-likeness (QED) is 0.569. The maximum Gasteiger partial charge on any atom is 0.284 e. The molecule has 0 unspecified atom stereocenters. The fraction of sp³-hybridized carbons (Fsp3) is 0.435. The Hall–Kier alpha value is -1.56. The highest BCUT2D eigenvalue weighted by Gasteiger charge is 2.69. The van der Waals surface area contributed by atoms with Gasteiger partial charge in [0.25, 0.3) is 11.6 Å². The molecule has 2 fully saturated rings. The first-order valence-electron chi connectivity index (χ1n) is 10.1. The second-order valence-corrected chi connectivity index (χ2v) is 9.78. The standard InChI is InChI=1S/C23H24BrClN2O2/c1-26-21(28)23(27(2)22(26)10-6-7-11-22)18(15-8-4-3-5-9-15)13-16-12-17(24)14-19(25)20(16)29-23/h3-5,8-9,12,14,18H,6-7,10-11,13H2,1-2H3/t18-,23-/m1/s1. The molecule has 0 N–H and O–H groups in total. The van der Waals surface area contributed by atoms with E-state index in [-0.39, 0.29) is 17.5 Å². The molecule has 2 aromatic rings. The van der Waals surface area contributed by atoms with E-state index < -0.39 is 5.72 Å². The van der Waals surface area contributed by atoms with E-state index in [1.165, 1.54) is 0 Å². The molecule has 0 aromatic heterocycles. The molecular formula is C23H24BrClN2O2. The molecule has 5 rings (SSSR count). The summed E-state index contributed by atoms with van der Waals surface area (Å²) in [7, 11) is 3.99. The number of nitrogens with zero attached hydrogens (tertiary/aromatic N) is 2. The van der Waals surface area contributed by atoms with Crippen LogP contribution in [-0.4, -0.2) is 41.2 Å². The Bertz CT molecular complexity index is 976. The predicted molar refractivity (Wildman–Crippen MR) is 117 cm³/mol. The second kappa shape index (κ2) is 6.73. The van der Waals surface area contributed by atoms with Crippen molar-refractivity contribution in [2.24, 2.45) is 0 Å². The van der Waals surface area contributed by atoms with Gasteiger partial charge >= 0.3 is 0 Å². The number of amides is 1. The summed E-state index contributed by atoms with van der Waals surface area (Å²) in [4.78, 5) is 18.1. The topological polar surface area (TPSA) is 32.8 Å². The van der Waals surface area contributed by atoms with Crippen LogP contribution in [0.25, 0.3) is 0 Å². The third-order valence-corrected chi connectivity index (χ3v) is 7.94. The second-order valence-electron chi connectivity index (χ2n) is 8.45. The highest BCUT2D eigenvalue weighted by atomic mass is 79.9. The van der Waals surface area contributed by atoms with Crippen molar-refractivity contribution < 1.29 is 9.53 Å². The van der Waals surface area contributed by atoms with Crippen LogP contribution in [-0.2, 0) is 11.2 Å². The Labute approximate surface area is 184 Å². The van der Waals surface area contributed by atoms with E-state index >= 15 is 0 Å². The van der Waals surface area contributed by atoms with E-state index in [0.717, 1.165) is 41.3 Å². The molecule has 4 nitrogen and oxygen atoms in total. The van der Waals surface area contributed by atoms with Gasteiger partial charge in [0.05, 0.1) is 16.6 Å². The monoisotopic (exact) mass is 474 g/mol. The van der Waals surface area contributed by atoms with Crippen molar-refractivity contribution in [2.45, 2.75) is 49.4 Å². The van der Waals surface area contributed by atoms with Crippen LogP contribution < -0.4 is 4.74 Å². The Morgan fingerprint density at radius 1 is 1.14 bits per heavy atom. The fourth-order valence-electron chi connectivity index (χ4n) is 5.71. The molecule has 6 heteroatoms. The van der Waals surface area contributed by atoms with Gasteiger partial charge in [-0.2, -0.15) is 0 Å². The van der Waals surface area contributed by atoms with Crippen LogP contribution in [0, 0.1) is 0 Å². The zero-order valence-corrected chi connectivity index (χ0v) is 19.0. The molecule has 1 saturated carbocycles. The predicted octanol–water partition coefficient (Wildman–Crippen LogP) is 5.19. The van der Waals surface area contributed by atoms with Crippen molar-refractivity contribution >= 4 is 33.4 Å². The molecule has 152 valence electrons. The van der Waals surface area contributed by atoms with Crippen LogP contribution >= 0.6 is 27.5 Å². The number of likely N-dealkylation sites (N-methyl/N-ethyl adjacent to an activating group) is 2. The number of benzene rings is 2. The Morgan fingerprint density at radius 2 is 1.83 bits per heavy atom. The van der Waals surface area contributed by atoms with Gasteiger partial charge in [-0.05, 0) is 62.4 Å². The minimum Gasteiger partial charge on any atom is -0.460 e. The lowest BCUT2D eigenvalue weighted by molar-refractivity contribution is -0.153. The molecule has 2 aromatic carbocycles. The first-order valence-corrected chi connectivity index (χ1v) is 11.3. The number of halogens is 2. The summed E-state index contributed by atoms with van der Waals surface area (Å²) in [6.07, 6.45) is 4.88. The lowest BCUT2D eigenvalue weighted by Gasteiger charge is -2.47. The third kappa shape index (κ3) is 2.57. The van der Waals surface area contributed by atoms with Gasteiger partial charge in [0, 0.05) is 11.5 Å². The number of fused-ring (bicyclic) bond motifs is 1. The van der Waals surface area contributed by atoms with Crippen LogP contribution in [0.5, 0.6) is 5.75 Å². The molecule has 2 spiro atoms. The van der Waals surface area contributed by atoms with Crippen molar-refractivity contribution in [3.8, 4) is 5.75 Å². The van der Waals surface area contributed by atoms with Gasteiger partial charge in [-0.3, -0.25) is 4.79 Å². The zero-order chi connectivity index (χ0) is 20.4. The average Bonchev–Trinajstić information content (AvgIpc) is 3.27. The Morgan fingerprint density at radius 3 is 2.52 bits per heavy atom. The minimum absolute atomic E-state index is 0.0281. The van der Waals surface area contributed by atoms with Gasteiger partial charge in [-0.1, -0.05) is 57.9 Å². The van der Waals surface area contributed by atoms with Crippen LogP contribution in [0.3, 0.4) is 0 Å². The van der Waals surface area contributed by atoms with Crippen LogP contribution in [0.1, 0.15) is 42.7 Å². The lowest BCUT2D eigenvalue weighted by Crippen LogP contribution is -2.61. The fourth-order valence-corrected chi connectivity index (χ4v) is 6.62. The number of ether oxygens (including phenoxy) is 1. The molecule has 1 saturated heterocycles. The summed E-state index contributed by atoms with van der Waals surface area (Å²) >= 11 is 10.1. The van der Waals surface area contributed by atoms with E-state index in [1.807, 2.05) is 36.2 Å². The van der Waals surface area contributed by atoms with Crippen molar-refractivity contribution in [2.75, 3.05) is 14.1 Å². The highest BCUT2D eigenvalue weighted by molar-refractivity contribution is 9.10. The van der Waals surface area contributed by atoms with E-state index in [2.05, 4.69) is 46.1 Å². The van der Waals surface area contributed by atoms with Gasteiger partial charge in [0.2, 0.25) is 0 Å². The molecule has 3 aliphatic rings. The maximum atomic E-state index is 13.9. The lowest BCUT2D eigenvalue weighted by atomic mass is 9.79. The summed E-state index contributed by atoms with van der Waals surface area (Å²) in [6.45, 7) is 0. The van der Waals surface area contributed by atoms with E-state index in [9.17, 15) is 4.79 Å². The van der Waals surface area contributed by atoms with Crippen molar-refractivity contribution in [3.05, 3.63) is 63.1 Å². The SMILES string of the molecule is CN1C(=O)[C@@]2(Oc3c(Cl)cc(Br)cc3C[C@@H]2c2ccccc2)N(C)C12CCCC2. The minimum atomic E-state index is -1.09. The third-order valence-electron chi connectivity index (χ3n) is 7.20. The first-order chi connectivity index (χ1) is 13.9. The molecule has 2 heterocycles. The van der Waals surface area contributed by atoms with Crippen molar-refractivity contribution in [1.29, 1.82) is 0 Å². The van der Waals surface area contributed by atoms with Gasteiger partial charge in [-0.25, -0.2) is 4.90 Å². The summed E-state index contributed by atoms with van der Waals surface area (Å²) < 4.78 is 7.62. The molecule has 0 radical (unpaired) electrons. The number of hydrogen-bond donors (Lipinski definition) is 0. The summed E-state index contributed by atoms with van der Waals surface area (Å²) in [5.74, 6) is 0.535. The Kier molecular flexibility index (Phi) is 4.50. The van der Waals surface area contributed by atoms with Crippen LogP contribution in [0.4, 0.5) is 0 Å². The summed E-state index contributed by atoms with van der Waals surface area (Å²) in [6, 6.07) is 14.2. The van der Waals surface area contributed by atoms with E-state index in [0.29, 0.717) is 17.2 Å². The number of rotatable bonds is 1. The summed E-state index contributed by atoms with van der Waals surface area (Å²) in [5, 5.41) is 0.538. The van der Waals surface area contributed by atoms with E-state index in [4.69, 9.17) is 16.3 Å². The first kappa shape index (κ1) is 19.4. The molecule has 0 bridgehead atoms. The number of hydrogen-bond acceptors (Lipinski definition) is 3. The summed E-state index contributed by atoms with van der Waals surface area (Å²) in [5.41, 5.74) is 0.756. The maximum absolute atomic E-state index is 13.9. The smallest absolute Gasteiger partial charge is 0.284 e. The zero-order valence-electron chi connectivity index (χ0n) is 16.6. The number of carbonyl (C=O) groups is 1. The van der Waals surface area contributed by atoms with Gasteiger partial charge in [0.1, 0.15) is 5.75 Å². The molecule has 2 aliphatic heterocycles. The van der Waals surface area contributed by atoms with Gasteiger partial charge < -0.3 is 9.64 Å². The largest absolute Gasteiger partial charge is 0.460 e. The van der Waals surface area contributed by atoms with Crippen molar-refractivity contribution in [3.63, 3.8) is 0 Å². The van der Waals surface area contributed by atoms with Crippen molar-refractivity contribution in [1.82, 2.24) is 9.80 Å². The molecule has 1 aliphatic carbocycles. The number of carbonyl (C=O) groups excluding carboxylic acids is 1. The highest BCUT2D eigenvalue weighted by Crippen LogP contribution is 2.56. The van der Waals surface area contributed by atoms with Gasteiger partial charge in [0.15, 0.2) is 0 Å².